The number of anilines is 3. The quantitative estimate of drug-likeness (QED) is 0.173. The normalized spacial score (nSPS) is 16.0. The predicted molar refractivity (Wildman–Crippen MR) is 147 cm³/mol. The van der Waals surface area contributed by atoms with Gasteiger partial charge in [-0.2, -0.15) is 13.1 Å². The molecule has 14 heteroatoms. The van der Waals surface area contributed by atoms with E-state index in [0.29, 0.717) is 12.8 Å². The van der Waals surface area contributed by atoms with Crippen molar-refractivity contribution >= 4 is 33.3 Å². The summed E-state index contributed by atoms with van der Waals surface area (Å²) in [5.41, 5.74) is 0.221. The van der Waals surface area contributed by atoms with Crippen molar-refractivity contribution in [2.45, 2.75) is 56.9 Å². The van der Waals surface area contributed by atoms with Crippen molar-refractivity contribution in [3.8, 4) is 0 Å². The summed E-state index contributed by atoms with van der Waals surface area (Å²) in [6.45, 7) is 1.72. The molecule has 4 N–H and O–H groups in total. The zero-order valence-electron chi connectivity index (χ0n) is 22.8. The van der Waals surface area contributed by atoms with Crippen LogP contribution in [-0.2, 0) is 21.5 Å². The lowest BCUT2D eigenvalue weighted by Crippen LogP contribution is -2.52. The van der Waals surface area contributed by atoms with Gasteiger partial charge in [0.25, 0.3) is 5.91 Å². The number of nitrogens with zero attached hydrogens (tertiary/aromatic N) is 1. The molecule has 2 fully saturated rings. The van der Waals surface area contributed by atoms with E-state index < -0.39 is 74.0 Å². The Morgan fingerprint density at radius 3 is 2.40 bits per heavy atom. The number of amides is 1. The molecule has 2 aromatic carbocycles. The van der Waals surface area contributed by atoms with Gasteiger partial charge in [0, 0.05) is 18.2 Å². The van der Waals surface area contributed by atoms with Crippen molar-refractivity contribution < 1.29 is 35.6 Å². The van der Waals surface area contributed by atoms with Crippen LogP contribution >= 0.6 is 0 Å². The maximum absolute atomic E-state index is 15.5. The monoisotopic (exact) mass is 607 g/mol. The van der Waals surface area contributed by atoms with Crippen LogP contribution in [0.4, 0.5) is 34.8 Å². The number of hydrogen-bond donors (Lipinski definition) is 4. The van der Waals surface area contributed by atoms with Crippen molar-refractivity contribution in [3.63, 3.8) is 0 Å². The molecule has 2 saturated carbocycles. The number of carbonyl (C=O) groups excluding carboxylic acids is 1. The Hall–Kier alpha value is -3.75. The fourth-order valence-electron chi connectivity index (χ4n) is 4.88. The van der Waals surface area contributed by atoms with E-state index in [9.17, 15) is 17.6 Å². The number of aromatic nitrogens is 1. The average molecular weight is 608 g/mol. The van der Waals surface area contributed by atoms with Crippen molar-refractivity contribution in [2.24, 2.45) is 0 Å². The number of carbonyl (C=O) groups is 1. The van der Waals surface area contributed by atoms with Crippen LogP contribution < -0.4 is 20.2 Å². The summed E-state index contributed by atoms with van der Waals surface area (Å²) in [6, 6.07) is 6.50. The molecule has 0 unspecified atom stereocenters. The fourth-order valence-corrected chi connectivity index (χ4v) is 6.18. The Labute approximate surface area is 240 Å². The minimum absolute atomic E-state index is 0.182. The predicted octanol–water partition coefficient (Wildman–Crippen LogP) is 5.33. The van der Waals surface area contributed by atoms with Gasteiger partial charge in [-0.25, -0.2) is 28.0 Å². The molecule has 42 heavy (non-hydrogen) atoms. The average Bonchev–Trinajstić information content (AvgIpc) is 3.76. The summed E-state index contributed by atoms with van der Waals surface area (Å²) in [5.74, 6) is -6.09. The molecule has 0 bridgehead atoms. The molecule has 1 aromatic heterocycles. The summed E-state index contributed by atoms with van der Waals surface area (Å²) >= 11 is 0. The van der Waals surface area contributed by atoms with Crippen molar-refractivity contribution in [3.05, 3.63) is 82.1 Å². The van der Waals surface area contributed by atoms with E-state index >= 15 is 13.2 Å². The summed E-state index contributed by atoms with van der Waals surface area (Å²) < 4.78 is 90.6. The maximum Gasteiger partial charge on any atom is 0.300 e. The van der Waals surface area contributed by atoms with Crippen LogP contribution in [0.5, 0.6) is 0 Å². The first-order valence-electron chi connectivity index (χ1n) is 13.3. The largest absolute Gasteiger partial charge is 0.350 e. The summed E-state index contributed by atoms with van der Waals surface area (Å²) in [4.78, 5) is 21.1. The molecule has 224 valence electrons. The highest BCUT2D eigenvalue weighted by Gasteiger charge is 2.36. The number of hydroxylamine groups is 1. The number of hydrogen-bond acceptors (Lipinski definition) is 6. The van der Waals surface area contributed by atoms with Gasteiger partial charge in [0.2, 0.25) is 0 Å². The fraction of sp³-hybridized carbons (Fsp3) is 0.357. The standard InChI is InChI=1S/C28H29F4N5O4S/c1-28(9-3-10-28)37-42(39,40)36-26-23(31)17(8-11-33-26)12-18-13-19(27(38)35-41-2)25(24(32)22(18)30)34-21-7-6-16(14-20(21)29)15-4-5-15/h6-8,11,13-15,34,37H,3-5,9-10,12H2,1-2H3,(H,33,36)(H,35,38). The van der Waals surface area contributed by atoms with Gasteiger partial charge < -0.3 is 5.32 Å². The SMILES string of the molecule is CONC(=O)c1cc(Cc2ccnc(NS(=O)(=O)NC3(C)CCC3)c2F)c(F)c(F)c1Nc1ccc(C2CC2)cc1F. The van der Waals surface area contributed by atoms with Gasteiger partial charge in [-0.1, -0.05) is 6.07 Å². The number of rotatable bonds is 11. The zero-order chi connectivity index (χ0) is 30.2. The Bertz CT molecular complexity index is 1650. The molecule has 5 rings (SSSR count). The highest BCUT2D eigenvalue weighted by atomic mass is 32.2. The van der Waals surface area contributed by atoms with Gasteiger partial charge in [0.15, 0.2) is 23.3 Å². The summed E-state index contributed by atoms with van der Waals surface area (Å²) in [7, 11) is -3.05. The van der Waals surface area contributed by atoms with Gasteiger partial charge >= 0.3 is 10.2 Å². The molecule has 0 saturated heterocycles. The second-order valence-corrected chi connectivity index (χ2v) is 12.2. The minimum Gasteiger partial charge on any atom is -0.350 e. The number of benzene rings is 2. The van der Waals surface area contributed by atoms with Crippen LogP contribution in [0.1, 0.15) is 72.0 Å². The molecule has 2 aliphatic rings. The van der Waals surface area contributed by atoms with E-state index in [1.54, 1.807) is 13.0 Å². The first kappa shape index (κ1) is 29.7. The van der Waals surface area contributed by atoms with E-state index in [2.05, 4.69) is 19.9 Å². The molecule has 1 amide bonds. The van der Waals surface area contributed by atoms with Crippen LogP contribution in [0.25, 0.3) is 0 Å². The van der Waals surface area contributed by atoms with Crippen molar-refractivity contribution in [1.82, 2.24) is 15.2 Å². The molecule has 2 aliphatic carbocycles. The summed E-state index contributed by atoms with van der Waals surface area (Å²) in [6.07, 6.45) is 4.51. The van der Waals surface area contributed by atoms with Crippen molar-refractivity contribution in [2.75, 3.05) is 17.1 Å². The third-order valence-corrected chi connectivity index (χ3v) is 8.67. The molecule has 9 nitrogen and oxygen atoms in total. The van der Waals surface area contributed by atoms with Gasteiger partial charge in [-0.15, -0.1) is 0 Å². The molecule has 0 radical (unpaired) electrons. The van der Waals surface area contributed by atoms with Crippen molar-refractivity contribution in [1.29, 1.82) is 0 Å². The second kappa shape index (κ2) is 11.5. The van der Waals surface area contributed by atoms with Gasteiger partial charge in [-0.3, -0.25) is 14.4 Å². The Morgan fingerprint density at radius 2 is 1.79 bits per heavy atom. The Morgan fingerprint density at radius 1 is 1.05 bits per heavy atom. The number of nitrogens with one attached hydrogen (secondary N) is 4. The highest BCUT2D eigenvalue weighted by Crippen LogP contribution is 2.41. The number of pyridine rings is 1. The van der Waals surface area contributed by atoms with Crippen LogP contribution in [-0.4, -0.2) is 32.0 Å². The molecule has 0 aliphatic heterocycles. The first-order valence-corrected chi connectivity index (χ1v) is 14.7. The Kier molecular flexibility index (Phi) is 8.14. The van der Waals surface area contributed by atoms with E-state index in [-0.39, 0.29) is 17.2 Å². The lowest BCUT2D eigenvalue weighted by atomic mass is 9.80. The van der Waals surface area contributed by atoms with Crippen LogP contribution in [0.2, 0.25) is 0 Å². The maximum atomic E-state index is 15.5. The molecular formula is C28H29F4N5O4S. The molecule has 0 atom stereocenters. The topological polar surface area (TPSA) is 121 Å². The number of halogens is 4. The third-order valence-electron chi connectivity index (χ3n) is 7.44. The van der Waals surface area contributed by atoms with Gasteiger partial charge in [-0.05, 0) is 85.9 Å². The van der Waals surface area contributed by atoms with E-state index in [1.165, 1.54) is 18.2 Å². The van der Waals surface area contributed by atoms with Crippen LogP contribution in [0.3, 0.4) is 0 Å². The van der Waals surface area contributed by atoms with Gasteiger partial charge in [0.05, 0.1) is 24.0 Å². The van der Waals surface area contributed by atoms with E-state index in [0.717, 1.165) is 44.2 Å². The lowest BCUT2D eigenvalue weighted by molar-refractivity contribution is 0.0538. The smallest absolute Gasteiger partial charge is 0.300 e. The third kappa shape index (κ3) is 6.35. The van der Waals surface area contributed by atoms with Crippen LogP contribution in [0.15, 0.2) is 36.5 Å². The molecule has 1 heterocycles. The lowest BCUT2D eigenvalue weighted by Gasteiger charge is -2.38. The van der Waals surface area contributed by atoms with E-state index in [4.69, 9.17) is 0 Å². The Balaban J connectivity index is 1.45. The summed E-state index contributed by atoms with van der Waals surface area (Å²) in [5, 5.41) is 2.47. The van der Waals surface area contributed by atoms with Crippen LogP contribution in [0, 0.1) is 23.3 Å². The highest BCUT2D eigenvalue weighted by molar-refractivity contribution is 7.90. The molecule has 0 spiro atoms. The van der Waals surface area contributed by atoms with E-state index in [1.807, 2.05) is 10.2 Å². The first-order chi connectivity index (χ1) is 19.9. The minimum atomic E-state index is -4.19. The zero-order valence-corrected chi connectivity index (χ0v) is 23.6. The van der Waals surface area contributed by atoms with Gasteiger partial charge in [0.1, 0.15) is 5.82 Å². The molecular weight excluding hydrogens is 578 g/mol. The molecule has 3 aromatic rings. The second-order valence-electron chi connectivity index (χ2n) is 10.8.